The first-order chi connectivity index (χ1) is 9.42. The van der Waals surface area contributed by atoms with Gasteiger partial charge in [-0.05, 0) is 50.9 Å². The van der Waals surface area contributed by atoms with Crippen LogP contribution >= 0.6 is 0 Å². The molecule has 0 spiro atoms. The maximum Gasteiger partial charge on any atom is 0.226 e. The lowest BCUT2D eigenvalue weighted by molar-refractivity contribution is -0.145. The van der Waals surface area contributed by atoms with Gasteiger partial charge in [-0.3, -0.25) is 4.79 Å². The summed E-state index contributed by atoms with van der Waals surface area (Å²) in [5.41, 5.74) is 0.141. The van der Waals surface area contributed by atoms with Crippen LogP contribution in [-0.2, 0) is 4.79 Å². The van der Waals surface area contributed by atoms with Crippen molar-refractivity contribution in [1.29, 1.82) is 0 Å². The minimum Gasteiger partial charge on any atom is -0.393 e. The van der Waals surface area contributed by atoms with E-state index in [1.54, 1.807) is 0 Å². The van der Waals surface area contributed by atoms with Crippen molar-refractivity contribution in [3.8, 4) is 0 Å². The van der Waals surface area contributed by atoms with E-state index in [0.717, 1.165) is 38.6 Å². The second-order valence-electron chi connectivity index (χ2n) is 7.55. The smallest absolute Gasteiger partial charge is 0.226 e. The molecule has 3 heteroatoms. The Morgan fingerprint density at radius 3 is 2.60 bits per heavy atom. The standard InChI is InChI=1S/C17H31NO2/c1-13(19)12-14-8-5-7-11-18(14)16(20)15-9-4-6-10-17(15,2)3/h13-15,19H,4-12H2,1-3H3. The number of carbonyl (C=O) groups is 1. The van der Waals surface area contributed by atoms with Crippen molar-refractivity contribution in [1.82, 2.24) is 4.90 Å². The average molecular weight is 281 g/mol. The van der Waals surface area contributed by atoms with E-state index >= 15 is 0 Å². The molecule has 0 aromatic heterocycles. The van der Waals surface area contributed by atoms with Crippen LogP contribution in [0.15, 0.2) is 0 Å². The lowest BCUT2D eigenvalue weighted by Crippen LogP contribution is -2.50. The van der Waals surface area contributed by atoms with Gasteiger partial charge in [0.2, 0.25) is 5.91 Å². The Labute approximate surface area is 123 Å². The van der Waals surface area contributed by atoms with Gasteiger partial charge in [-0.25, -0.2) is 0 Å². The second-order valence-corrected chi connectivity index (χ2v) is 7.55. The summed E-state index contributed by atoms with van der Waals surface area (Å²) in [4.78, 5) is 15.1. The highest BCUT2D eigenvalue weighted by Crippen LogP contribution is 2.42. The van der Waals surface area contributed by atoms with Gasteiger partial charge < -0.3 is 10.0 Å². The molecule has 2 rings (SSSR count). The van der Waals surface area contributed by atoms with Crippen LogP contribution in [0.3, 0.4) is 0 Å². The topological polar surface area (TPSA) is 40.5 Å². The molecule has 1 saturated heterocycles. The Bertz CT molecular complexity index is 338. The highest BCUT2D eigenvalue weighted by Gasteiger charge is 2.41. The van der Waals surface area contributed by atoms with Gasteiger partial charge in [0.25, 0.3) is 0 Å². The van der Waals surface area contributed by atoms with Crippen LogP contribution in [0.4, 0.5) is 0 Å². The molecule has 0 aromatic carbocycles. The summed E-state index contributed by atoms with van der Waals surface area (Å²) < 4.78 is 0. The first-order valence-electron chi connectivity index (χ1n) is 8.40. The summed E-state index contributed by atoms with van der Waals surface area (Å²) in [5.74, 6) is 0.547. The third kappa shape index (κ3) is 3.55. The van der Waals surface area contributed by atoms with Crippen LogP contribution in [0, 0.1) is 11.3 Å². The van der Waals surface area contributed by atoms with Crippen molar-refractivity contribution in [2.75, 3.05) is 6.54 Å². The lowest BCUT2D eigenvalue weighted by atomic mass is 9.68. The zero-order valence-electron chi connectivity index (χ0n) is 13.4. The fourth-order valence-corrected chi connectivity index (χ4v) is 4.08. The summed E-state index contributed by atoms with van der Waals surface area (Å²) in [6.07, 6.45) is 8.45. The minimum atomic E-state index is -0.312. The minimum absolute atomic E-state index is 0.141. The summed E-state index contributed by atoms with van der Waals surface area (Å²) in [7, 11) is 0. The number of hydrogen-bond donors (Lipinski definition) is 1. The molecular weight excluding hydrogens is 250 g/mol. The van der Waals surface area contributed by atoms with Crippen molar-refractivity contribution in [3.05, 3.63) is 0 Å². The summed E-state index contributed by atoms with van der Waals surface area (Å²) in [6, 6.07) is 0.258. The molecule has 3 unspecified atom stereocenters. The molecule has 2 fully saturated rings. The largest absolute Gasteiger partial charge is 0.393 e. The predicted molar refractivity (Wildman–Crippen MR) is 81.4 cm³/mol. The van der Waals surface area contributed by atoms with Crippen LogP contribution in [0.2, 0.25) is 0 Å². The van der Waals surface area contributed by atoms with E-state index in [1.165, 1.54) is 19.3 Å². The molecule has 2 aliphatic rings. The zero-order chi connectivity index (χ0) is 14.8. The van der Waals surface area contributed by atoms with E-state index < -0.39 is 0 Å². The summed E-state index contributed by atoms with van der Waals surface area (Å²) in [5, 5.41) is 9.68. The molecule has 20 heavy (non-hydrogen) atoms. The number of aliphatic hydroxyl groups is 1. The molecule has 1 aliphatic carbocycles. The van der Waals surface area contributed by atoms with Gasteiger partial charge in [0.15, 0.2) is 0 Å². The van der Waals surface area contributed by atoms with E-state index in [2.05, 4.69) is 18.7 Å². The molecule has 1 aliphatic heterocycles. The molecule has 1 N–H and O–H groups in total. The van der Waals surface area contributed by atoms with Crippen LogP contribution in [-0.4, -0.2) is 34.6 Å². The van der Waals surface area contributed by atoms with Crippen molar-refractivity contribution in [3.63, 3.8) is 0 Å². The summed E-state index contributed by atoms with van der Waals surface area (Å²) >= 11 is 0. The number of hydrogen-bond acceptors (Lipinski definition) is 2. The second kappa shape index (κ2) is 6.46. The van der Waals surface area contributed by atoms with Crippen molar-refractivity contribution in [2.45, 2.75) is 84.3 Å². The van der Waals surface area contributed by atoms with Gasteiger partial charge in [0.05, 0.1) is 6.10 Å². The molecule has 3 atom stereocenters. The highest BCUT2D eigenvalue weighted by atomic mass is 16.3. The Balaban J connectivity index is 2.08. The summed E-state index contributed by atoms with van der Waals surface area (Å²) in [6.45, 7) is 7.23. The molecule has 0 bridgehead atoms. The third-order valence-electron chi connectivity index (χ3n) is 5.33. The van der Waals surface area contributed by atoms with Gasteiger partial charge in [0.1, 0.15) is 0 Å². The highest BCUT2D eigenvalue weighted by molar-refractivity contribution is 5.80. The Morgan fingerprint density at radius 2 is 1.95 bits per heavy atom. The van der Waals surface area contributed by atoms with Gasteiger partial charge >= 0.3 is 0 Å². The van der Waals surface area contributed by atoms with Crippen LogP contribution in [0.5, 0.6) is 0 Å². The van der Waals surface area contributed by atoms with Crippen molar-refractivity contribution < 1.29 is 9.90 Å². The van der Waals surface area contributed by atoms with Crippen LogP contribution < -0.4 is 0 Å². The Kier molecular flexibility index (Phi) is 5.11. The monoisotopic (exact) mass is 281 g/mol. The SMILES string of the molecule is CC(O)CC1CCCCN1C(=O)C1CCCCC1(C)C. The molecule has 1 amide bonds. The third-order valence-corrected chi connectivity index (χ3v) is 5.33. The lowest BCUT2D eigenvalue weighted by Gasteiger charge is -2.44. The van der Waals surface area contributed by atoms with Crippen LogP contribution in [0.1, 0.15) is 72.1 Å². The van der Waals surface area contributed by atoms with E-state index in [9.17, 15) is 9.90 Å². The molecule has 0 aromatic rings. The number of likely N-dealkylation sites (tertiary alicyclic amines) is 1. The number of rotatable bonds is 3. The fraction of sp³-hybridized carbons (Fsp3) is 0.941. The fourth-order valence-electron chi connectivity index (χ4n) is 4.08. The molecule has 1 saturated carbocycles. The first kappa shape index (κ1) is 15.8. The average Bonchev–Trinajstić information content (AvgIpc) is 2.37. The van der Waals surface area contributed by atoms with E-state index in [4.69, 9.17) is 0 Å². The Hall–Kier alpha value is -0.570. The quantitative estimate of drug-likeness (QED) is 0.861. The number of carbonyl (C=O) groups excluding carboxylic acids is 1. The molecular formula is C17H31NO2. The molecule has 0 radical (unpaired) electrons. The van der Waals surface area contributed by atoms with Crippen molar-refractivity contribution in [2.24, 2.45) is 11.3 Å². The molecule has 116 valence electrons. The normalized spacial score (nSPS) is 31.9. The van der Waals surface area contributed by atoms with E-state index in [0.29, 0.717) is 5.91 Å². The number of nitrogens with zero attached hydrogens (tertiary/aromatic N) is 1. The maximum atomic E-state index is 13.0. The molecule has 3 nitrogen and oxygen atoms in total. The first-order valence-corrected chi connectivity index (χ1v) is 8.40. The number of aliphatic hydroxyl groups excluding tert-OH is 1. The Morgan fingerprint density at radius 1 is 1.25 bits per heavy atom. The van der Waals surface area contributed by atoms with Crippen LogP contribution in [0.25, 0.3) is 0 Å². The van der Waals surface area contributed by atoms with Gasteiger partial charge in [-0.15, -0.1) is 0 Å². The van der Waals surface area contributed by atoms with Gasteiger partial charge in [-0.2, -0.15) is 0 Å². The number of amides is 1. The van der Waals surface area contributed by atoms with E-state index in [-0.39, 0.29) is 23.5 Å². The molecule has 1 heterocycles. The van der Waals surface area contributed by atoms with E-state index in [1.807, 2.05) is 6.92 Å². The number of piperidine rings is 1. The maximum absolute atomic E-state index is 13.0. The van der Waals surface area contributed by atoms with Crippen molar-refractivity contribution >= 4 is 5.91 Å². The van der Waals surface area contributed by atoms with Gasteiger partial charge in [-0.1, -0.05) is 26.7 Å². The predicted octanol–water partition coefficient (Wildman–Crippen LogP) is 3.35. The zero-order valence-corrected chi connectivity index (χ0v) is 13.4. The van der Waals surface area contributed by atoms with Gasteiger partial charge in [0, 0.05) is 18.5 Å².